The Balaban J connectivity index is 1.30. The molecule has 4 rings (SSSR count). The van der Waals surface area contributed by atoms with Gasteiger partial charge in [-0.05, 0) is 11.1 Å². The third kappa shape index (κ3) is 6.43. The van der Waals surface area contributed by atoms with E-state index in [9.17, 15) is 4.79 Å². The molecule has 1 saturated heterocycles. The van der Waals surface area contributed by atoms with Gasteiger partial charge in [-0.3, -0.25) is 9.69 Å². The second-order valence-corrected chi connectivity index (χ2v) is 9.12. The zero-order valence-corrected chi connectivity index (χ0v) is 19.8. The van der Waals surface area contributed by atoms with Crippen LogP contribution in [0, 0.1) is 0 Å². The monoisotopic (exact) mass is 465 g/mol. The number of nitrogens with zero attached hydrogens (tertiary/aromatic N) is 4. The number of rotatable bonds is 10. The van der Waals surface area contributed by atoms with Gasteiger partial charge in [0, 0.05) is 45.4 Å². The summed E-state index contributed by atoms with van der Waals surface area (Å²) in [6.07, 6.45) is 0.634. The molecule has 1 fully saturated rings. The highest BCUT2D eigenvalue weighted by Gasteiger charge is 2.22. The number of ether oxygens (including phenoxy) is 1. The molecule has 1 amide bonds. The van der Waals surface area contributed by atoms with Crippen molar-refractivity contribution < 1.29 is 9.53 Å². The Labute approximate surface area is 199 Å². The van der Waals surface area contributed by atoms with E-state index in [1.807, 2.05) is 72.3 Å². The van der Waals surface area contributed by atoms with Gasteiger partial charge in [0.15, 0.2) is 5.16 Å². The molecule has 33 heavy (non-hydrogen) atoms. The molecule has 2 aromatic carbocycles. The summed E-state index contributed by atoms with van der Waals surface area (Å²) in [5.74, 6) is 1.51. The first-order chi connectivity index (χ1) is 16.2. The van der Waals surface area contributed by atoms with E-state index in [0.29, 0.717) is 13.0 Å². The van der Waals surface area contributed by atoms with Crippen LogP contribution in [0.2, 0.25) is 0 Å². The molecule has 2 heterocycles. The van der Waals surface area contributed by atoms with Crippen LogP contribution in [0.3, 0.4) is 0 Å². The lowest BCUT2D eigenvalue weighted by Crippen LogP contribution is -2.37. The number of carbonyl (C=O) groups is 1. The van der Waals surface area contributed by atoms with Crippen LogP contribution < -0.4 is 5.32 Å². The maximum absolute atomic E-state index is 13.1. The molecule has 0 radical (unpaired) electrons. The number of carbonyl (C=O) groups excluding carboxylic acids is 1. The van der Waals surface area contributed by atoms with Crippen molar-refractivity contribution in [2.45, 2.75) is 17.5 Å². The van der Waals surface area contributed by atoms with E-state index in [4.69, 9.17) is 4.74 Å². The van der Waals surface area contributed by atoms with E-state index >= 15 is 0 Å². The van der Waals surface area contributed by atoms with E-state index in [1.165, 1.54) is 0 Å². The summed E-state index contributed by atoms with van der Waals surface area (Å²) < 4.78 is 7.43. The van der Waals surface area contributed by atoms with Crippen molar-refractivity contribution in [3.05, 3.63) is 77.6 Å². The van der Waals surface area contributed by atoms with E-state index in [-0.39, 0.29) is 11.8 Å². The Morgan fingerprint density at radius 2 is 1.67 bits per heavy atom. The molecule has 1 N–H and O–H groups in total. The maximum atomic E-state index is 13.1. The normalized spacial score (nSPS) is 14.5. The topological polar surface area (TPSA) is 72.3 Å². The highest BCUT2D eigenvalue weighted by Crippen LogP contribution is 2.24. The minimum absolute atomic E-state index is 0.00493. The zero-order valence-electron chi connectivity index (χ0n) is 19.0. The molecule has 3 aromatic rings. The van der Waals surface area contributed by atoms with Gasteiger partial charge in [0.05, 0.1) is 19.1 Å². The Morgan fingerprint density at radius 1 is 1.03 bits per heavy atom. The van der Waals surface area contributed by atoms with Crippen LogP contribution in [0.5, 0.6) is 0 Å². The molecule has 1 aliphatic heterocycles. The summed E-state index contributed by atoms with van der Waals surface area (Å²) in [7, 11) is 1.99. The van der Waals surface area contributed by atoms with Gasteiger partial charge in [-0.25, -0.2) is 0 Å². The van der Waals surface area contributed by atoms with Gasteiger partial charge in [-0.1, -0.05) is 72.4 Å². The molecule has 0 bridgehead atoms. The fourth-order valence-corrected chi connectivity index (χ4v) is 4.89. The Hall–Kier alpha value is -2.68. The third-order valence-corrected chi connectivity index (χ3v) is 6.84. The minimum atomic E-state index is -0.335. The summed E-state index contributed by atoms with van der Waals surface area (Å²) in [5, 5.41) is 12.7. The molecule has 1 aromatic heterocycles. The maximum Gasteiger partial charge on any atom is 0.232 e. The average molecular weight is 466 g/mol. The van der Waals surface area contributed by atoms with Crippen LogP contribution >= 0.6 is 11.8 Å². The van der Waals surface area contributed by atoms with Gasteiger partial charge in [-0.15, -0.1) is 10.2 Å². The Morgan fingerprint density at radius 3 is 2.30 bits per heavy atom. The number of hydrogen-bond donors (Lipinski definition) is 1. The van der Waals surface area contributed by atoms with E-state index in [0.717, 1.165) is 60.7 Å². The van der Waals surface area contributed by atoms with Gasteiger partial charge in [0.25, 0.3) is 0 Å². The molecule has 0 unspecified atom stereocenters. The summed E-state index contributed by atoms with van der Waals surface area (Å²) in [6, 6.07) is 19.8. The molecule has 0 spiro atoms. The molecule has 7 nitrogen and oxygen atoms in total. The number of thioether (sulfide) groups is 1. The average Bonchev–Trinajstić information content (AvgIpc) is 3.20. The van der Waals surface area contributed by atoms with Gasteiger partial charge < -0.3 is 14.6 Å². The number of amides is 1. The zero-order chi connectivity index (χ0) is 22.9. The van der Waals surface area contributed by atoms with Crippen molar-refractivity contribution >= 4 is 17.7 Å². The van der Waals surface area contributed by atoms with Crippen LogP contribution in [0.15, 0.2) is 65.8 Å². The molecular weight excluding hydrogens is 434 g/mol. The Bertz CT molecular complexity index is 967. The fourth-order valence-electron chi connectivity index (χ4n) is 3.96. The highest BCUT2D eigenvalue weighted by molar-refractivity contribution is 7.99. The lowest BCUT2D eigenvalue weighted by atomic mass is 9.90. The van der Waals surface area contributed by atoms with Crippen LogP contribution in [-0.2, 0) is 23.0 Å². The summed E-state index contributed by atoms with van der Waals surface area (Å²) in [5.41, 5.74) is 1.97. The first-order valence-corrected chi connectivity index (χ1v) is 12.4. The van der Waals surface area contributed by atoms with Crippen molar-refractivity contribution in [3.63, 3.8) is 0 Å². The van der Waals surface area contributed by atoms with Gasteiger partial charge in [0.2, 0.25) is 5.91 Å². The number of morpholine rings is 1. The molecular formula is C25H31N5O2S. The van der Waals surface area contributed by atoms with Crippen LogP contribution in [0.25, 0.3) is 0 Å². The van der Waals surface area contributed by atoms with E-state index in [2.05, 4.69) is 20.4 Å². The van der Waals surface area contributed by atoms with Gasteiger partial charge >= 0.3 is 0 Å². The van der Waals surface area contributed by atoms with Crippen LogP contribution in [-0.4, -0.2) is 70.7 Å². The summed E-state index contributed by atoms with van der Waals surface area (Å²) >= 11 is 1.72. The van der Waals surface area contributed by atoms with Crippen molar-refractivity contribution in [2.75, 3.05) is 45.1 Å². The number of benzene rings is 2. The largest absolute Gasteiger partial charge is 0.379 e. The molecule has 0 saturated carbocycles. The van der Waals surface area contributed by atoms with Crippen molar-refractivity contribution in [2.24, 2.45) is 7.05 Å². The predicted molar refractivity (Wildman–Crippen MR) is 130 cm³/mol. The summed E-state index contributed by atoms with van der Waals surface area (Å²) in [6.45, 7) is 5.17. The van der Waals surface area contributed by atoms with Crippen molar-refractivity contribution in [1.29, 1.82) is 0 Å². The quantitative estimate of drug-likeness (QED) is 0.464. The van der Waals surface area contributed by atoms with Crippen LogP contribution in [0.4, 0.5) is 0 Å². The minimum Gasteiger partial charge on any atom is -0.379 e. The lowest BCUT2D eigenvalue weighted by molar-refractivity contribution is -0.121. The third-order valence-electron chi connectivity index (χ3n) is 5.84. The molecule has 8 heteroatoms. The smallest absolute Gasteiger partial charge is 0.232 e. The molecule has 0 atom stereocenters. The predicted octanol–water partition coefficient (Wildman–Crippen LogP) is 2.73. The van der Waals surface area contributed by atoms with Gasteiger partial charge in [-0.2, -0.15) is 0 Å². The van der Waals surface area contributed by atoms with Crippen LogP contribution in [0.1, 0.15) is 22.9 Å². The van der Waals surface area contributed by atoms with Gasteiger partial charge in [0.1, 0.15) is 5.82 Å². The molecule has 174 valence electrons. The summed E-state index contributed by atoms with van der Waals surface area (Å²) in [4.78, 5) is 15.6. The first kappa shape index (κ1) is 23.5. The van der Waals surface area contributed by atoms with Crippen molar-refractivity contribution in [1.82, 2.24) is 25.0 Å². The standard InChI is InChI=1S/C25H31N5O2S/c1-29-22(27-28-25(29)33-19-16-30-14-17-32-18-15-30)12-13-26-24(31)23(20-8-4-2-5-9-20)21-10-6-3-7-11-21/h2-11,23H,12-19H2,1H3,(H,26,31). The number of aromatic nitrogens is 3. The molecule has 0 aliphatic carbocycles. The second kappa shape index (κ2) is 12.0. The second-order valence-electron chi connectivity index (χ2n) is 8.06. The van der Waals surface area contributed by atoms with E-state index < -0.39 is 0 Å². The lowest BCUT2D eigenvalue weighted by Gasteiger charge is -2.26. The fraction of sp³-hybridized carbons (Fsp3) is 0.400. The van der Waals surface area contributed by atoms with Crippen molar-refractivity contribution in [3.8, 4) is 0 Å². The number of nitrogens with one attached hydrogen (secondary N) is 1. The highest BCUT2D eigenvalue weighted by atomic mass is 32.2. The Kier molecular flexibility index (Phi) is 8.52. The molecule has 1 aliphatic rings. The SMILES string of the molecule is Cn1c(CCNC(=O)C(c2ccccc2)c2ccccc2)nnc1SCCN1CCOCC1. The van der Waals surface area contributed by atoms with E-state index in [1.54, 1.807) is 11.8 Å². The first-order valence-electron chi connectivity index (χ1n) is 11.4. The number of hydrogen-bond acceptors (Lipinski definition) is 6.